The van der Waals surface area contributed by atoms with Crippen LogP contribution in [0.1, 0.15) is 30.5 Å². The molecule has 0 unspecified atom stereocenters. The molecule has 140 valence electrons. The molecule has 0 bridgehead atoms. The van der Waals surface area contributed by atoms with E-state index in [4.69, 9.17) is 0 Å². The molecule has 2 aromatic rings. The predicted molar refractivity (Wildman–Crippen MR) is 109 cm³/mol. The maximum absolute atomic E-state index is 12.5. The summed E-state index contributed by atoms with van der Waals surface area (Å²) in [4.78, 5) is 12.5. The Morgan fingerprint density at radius 1 is 1.12 bits per heavy atom. The van der Waals surface area contributed by atoms with Crippen molar-refractivity contribution in [2.24, 2.45) is 0 Å². The van der Waals surface area contributed by atoms with E-state index < -0.39 is 10.0 Å². The van der Waals surface area contributed by atoms with Crippen molar-refractivity contribution in [2.45, 2.75) is 26.3 Å². The van der Waals surface area contributed by atoms with E-state index in [-0.39, 0.29) is 18.5 Å². The number of nitrogens with zero attached hydrogens (tertiary/aromatic N) is 1. The van der Waals surface area contributed by atoms with Crippen molar-refractivity contribution in [3.8, 4) is 0 Å². The van der Waals surface area contributed by atoms with Gasteiger partial charge >= 0.3 is 0 Å². The number of aryl methyl sites for hydroxylation is 1. The summed E-state index contributed by atoms with van der Waals surface area (Å²) >= 11 is 3.32. The highest BCUT2D eigenvalue weighted by atomic mass is 79.9. The Balaban J connectivity index is 2.16. The monoisotopic (exact) mass is 438 g/mol. The lowest BCUT2D eigenvalue weighted by Crippen LogP contribution is -2.41. The zero-order valence-corrected chi connectivity index (χ0v) is 17.5. The molecule has 0 spiro atoms. The van der Waals surface area contributed by atoms with Crippen LogP contribution in [0.25, 0.3) is 0 Å². The maximum Gasteiger partial charge on any atom is 0.241 e. The van der Waals surface area contributed by atoms with Crippen molar-refractivity contribution in [1.29, 1.82) is 0 Å². The quantitative estimate of drug-likeness (QED) is 0.714. The largest absolute Gasteiger partial charge is 0.348 e. The Morgan fingerprint density at radius 2 is 1.69 bits per heavy atom. The fourth-order valence-electron chi connectivity index (χ4n) is 2.60. The van der Waals surface area contributed by atoms with Gasteiger partial charge in [-0.15, -0.1) is 0 Å². The number of hydrogen-bond donors (Lipinski definition) is 1. The van der Waals surface area contributed by atoms with E-state index in [2.05, 4.69) is 21.2 Å². The number of carbonyl (C=O) groups is 1. The van der Waals surface area contributed by atoms with Crippen LogP contribution >= 0.6 is 15.9 Å². The smallest absolute Gasteiger partial charge is 0.241 e. The Labute approximate surface area is 163 Å². The number of hydrogen-bond acceptors (Lipinski definition) is 3. The SMILES string of the molecule is CC[C@H](NC(=O)CN(c1ccc(Br)cc1)S(C)(=O)=O)c1ccc(C)cc1. The second kappa shape index (κ2) is 8.68. The summed E-state index contributed by atoms with van der Waals surface area (Å²) < 4.78 is 26.2. The summed E-state index contributed by atoms with van der Waals surface area (Å²) in [6.45, 7) is 3.72. The van der Waals surface area contributed by atoms with Crippen molar-refractivity contribution >= 4 is 37.5 Å². The number of benzene rings is 2. The van der Waals surface area contributed by atoms with Gasteiger partial charge in [-0.05, 0) is 43.2 Å². The Bertz CT molecular complexity index is 849. The highest BCUT2D eigenvalue weighted by molar-refractivity contribution is 9.10. The van der Waals surface area contributed by atoms with E-state index in [1.807, 2.05) is 38.1 Å². The van der Waals surface area contributed by atoms with Gasteiger partial charge in [0.15, 0.2) is 0 Å². The summed E-state index contributed by atoms with van der Waals surface area (Å²) in [5.74, 6) is -0.342. The molecule has 0 saturated carbocycles. The third kappa shape index (κ3) is 5.57. The fraction of sp³-hybridized carbons (Fsp3) is 0.316. The van der Waals surface area contributed by atoms with Gasteiger partial charge in [0.1, 0.15) is 6.54 Å². The van der Waals surface area contributed by atoms with Crippen LogP contribution in [-0.2, 0) is 14.8 Å². The number of sulfonamides is 1. The van der Waals surface area contributed by atoms with Crippen molar-refractivity contribution in [3.05, 3.63) is 64.1 Å². The molecule has 5 nitrogen and oxygen atoms in total. The number of halogens is 1. The van der Waals surface area contributed by atoms with Gasteiger partial charge in [0.05, 0.1) is 18.0 Å². The molecule has 0 aliphatic rings. The lowest BCUT2D eigenvalue weighted by Gasteiger charge is -2.24. The molecule has 26 heavy (non-hydrogen) atoms. The molecule has 7 heteroatoms. The van der Waals surface area contributed by atoms with Gasteiger partial charge in [-0.25, -0.2) is 8.42 Å². The summed E-state index contributed by atoms with van der Waals surface area (Å²) in [6, 6.07) is 14.6. The van der Waals surface area contributed by atoms with Crippen LogP contribution in [0, 0.1) is 6.92 Å². The van der Waals surface area contributed by atoms with Crippen molar-refractivity contribution in [2.75, 3.05) is 17.1 Å². The minimum atomic E-state index is -3.58. The van der Waals surface area contributed by atoms with Crippen molar-refractivity contribution < 1.29 is 13.2 Å². The van der Waals surface area contributed by atoms with Gasteiger partial charge < -0.3 is 5.32 Å². The molecule has 2 aromatic carbocycles. The second-order valence-electron chi connectivity index (χ2n) is 6.19. The lowest BCUT2D eigenvalue weighted by molar-refractivity contribution is -0.120. The molecule has 0 saturated heterocycles. The molecule has 0 radical (unpaired) electrons. The first-order chi connectivity index (χ1) is 12.2. The van der Waals surface area contributed by atoms with Crippen LogP contribution in [0.15, 0.2) is 53.0 Å². The Morgan fingerprint density at radius 3 is 2.19 bits per heavy atom. The fourth-order valence-corrected chi connectivity index (χ4v) is 3.72. The lowest BCUT2D eigenvalue weighted by atomic mass is 10.0. The summed E-state index contributed by atoms with van der Waals surface area (Å²) in [5, 5.41) is 2.93. The zero-order chi connectivity index (χ0) is 19.3. The average molecular weight is 439 g/mol. The van der Waals surface area contributed by atoms with Crippen LogP contribution in [0.3, 0.4) is 0 Å². The van der Waals surface area contributed by atoms with E-state index >= 15 is 0 Å². The minimum absolute atomic E-state index is 0.158. The normalized spacial score (nSPS) is 12.5. The molecule has 2 rings (SSSR count). The standard InChI is InChI=1S/C19H23BrN2O3S/c1-4-18(15-7-5-14(2)6-8-15)21-19(23)13-22(26(3,24)25)17-11-9-16(20)10-12-17/h5-12,18H,4,13H2,1-3H3,(H,21,23)/t18-/m0/s1. The van der Waals surface area contributed by atoms with Crippen LogP contribution < -0.4 is 9.62 Å². The highest BCUT2D eigenvalue weighted by Crippen LogP contribution is 2.21. The van der Waals surface area contributed by atoms with Crippen molar-refractivity contribution in [3.63, 3.8) is 0 Å². The van der Waals surface area contributed by atoms with Gasteiger partial charge in [-0.1, -0.05) is 52.7 Å². The number of nitrogens with one attached hydrogen (secondary N) is 1. The minimum Gasteiger partial charge on any atom is -0.348 e. The van der Waals surface area contributed by atoms with Gasteiger partial charge in [0.2, 0.25) is 15.9 Å². The molecule has 0 aliphatic carbocycles. The van der Waals surface area contributed by atoms with Gasteiger partial charge in [0.25, 0.3) is 0 Å². The molecule has 1 amide bonds. The predicted octanol–water partition coefficient (Wildman–Crippen LogP) is 3.79. The Hall–Kier alpha value is -1.86. The molecule has 0 aromatic heterocycles. The highest BCUT2D eigenvalue weighted by Gasteiger charge is 2.22. The summed E-state index contributed by atoms with van der Waals surface area (Å²) in [7, 11) is -3.58. The third-order valence-corrected chi connectivity index (χ3v) is 5.69. The van der Waals surface area contributed by atoms with Crippen LogP contribution in [0.4, 0.5) is 5.69 Å². The van der Waals surface area contributed by atoms with E-state index in [1.165, 1.54) is 0 Å². The maximum atomic E-state index is 12.5. The molecule has 0 heterocycles. The Kier molecular flexibility index (Phi) is 6.83. The number of carbonyl (C=O) groups excluding carboxylic acids is 1. The molecule has 0 fully saturated rings. The average Bonchev–Trinajstić information content (AvgIpc) is 2.58. The topological polar surface area (TPSA) is 66.5 Å². The summed E-state index contributed by atoms with van der Waals surface area (Å²) in [6.07, 6.45) is 1.81. The molecule has 1 N–H and O–H groups in total. The first kappa shape index (κ1) is 20.5. The van der Waals surface area contributed by atoms with E-state index in [0.717, 1.165) is 26.2 Å². The summed E-state index contributed by atoms with van der Waals surface area (Å²) in [5.41, 5.74) is 2.60. The van der Waals surface area contributed by atoms with Crippen LogP contribution in [0.5, 0.6) is 0 Å². The van der Waals surface area contributed by atoms with Crippen LogP contribution in [0.2, 0.25) is 0 Å². The van der Waals surface area contributed by atoms with Gasteiger partial charge in [-0.2, -0.15) is 0 Å². The van der Waals surface area contributed by atoms with E-state index in [9.17, 15) is 13.2 Å². The first-order valence-electron chi connectivity index (χ1n) is 8.30. The molecular weight excluding hydrogens is 416 g/mol. The number of anilines is 1. The second-order valence-corrected chi connectivity index (χ2v) is 9.01. The van der Waals surface area contributed by atoms with Gasteiger partial charge in [0, 0.05) is 4.47 Å². The number of rotatable bonds is 7. The zero-order valence-electron chi connectivity index (χ0n) is 15.1. The molecule has 0 aliphatic heterocycles. The third-order valence-electron chi connectivity index (χ3n) is 4.03. The molecule has 1 atom stereocenters. The van der Waals surface area contributed by atoms with E-state index in [0.29, 0.717) is 12.1 Å². The van der Waals surface area contributed by atoms with Crippen LogP contribution in [-0.4, -0.2) is 27.1 Å². The van der Waals surface area contributed by atoms with E-state index in [1.54, 1.807) is 24.3 Å². The van der Waals surface area contributed by atoms with Gasteiger partial charge in [-0.3, -0.25) is 9.10 Å². The number of amides is 1. The van der Waals surface area contributed by atoms with Crippen molar-refractivity contribution in [1.82, 2.24) is 5.32 Å². The molecular formula is C19H23BrN2O3S. The first-order valence-corrected chi connectivity index (χ1v) is 10.9.